The van der Waals surface area contributed by atoms with E-state index in [0.717, 1.165) is 12.8 Å². The minimum atomic E-state index is 0.0747. The summed E-state index contributed by atoms with van der Waals surface area (Å²) in [7, 11) is 0. The summed E-state index contributed by atoms with van der Waals surface area (Å²) in [4.78, 5) is 12.0. The largest absolute Gasteiger partial charge is 0.353 e. The molecule has 1 amide bonds. The summed E-state index contributed by atoms with van der Waals surface area (Å²) < 4.78 is 0. The molecule has 3 rings (SSSR count). The molecule has 1 aromatic carbocycles. The molecule has 2 aliphatic carbocycles. The van der Waals surface area contributed by atoms with Gasteiger partial charge in [0.15, 0.2) is 0 Å². The molecule has 1 aromatic rings. The molecular weight excluding hydrogens is 260 g/mol. The maximum Gasteiger partial charge on any atom is 0.221 e. The van der Waals surface area contributed by atoms with Gasteiger partial charge in [-0.05, 0) is 55.9 Å². The topological polar surface area (TPSA) is 55.1 Å². The van der Waals surface area contributed by atoms with Gasteiger partial charge in [0.05, 0.1) is 0 Å². The van der Waals surface area contributed by atoms with Crippen molar-refractivity contribution in [2.24, 2.45) is 11.7 Å². The lowest BCUT2D eigenvalue weighted by Gasteiger charge is -2.29. The lowest BCUT2D eigenvalue weighted by atomic mass is 9.82. The van der Waals surface area contributed by atoms with Gasteiger partial charge in [0.25, 0.3) is 0 Å². The van der Waals surface area contributed by atoms with Gasteiger partial charge in [-0.2, -0.15) is 0 Å². The highest BCUT2D eigenvalue weighted by molar-refractivity contribution is 5.77. The van der Waals surface area contributed by atoms with Crippen molar-refractivity contribution in [3.05, 3.63) is 35.9 Å². The number of hydrogen-bond acceptors (Lipinski definition) is 2. The Labute approximate surface area is 127 Å². The summed E-state index contributed by atoms with van der Waals surface area (Å²) in [6, 6.07) is 11.2. The van der Waals surface area contributed by atoms with Crippen LogP contribution in [0.25, 0.3) is 0 Å². The lowest BCUT2D eigenvalue weighted by molar-refractivity contribution is -0.122. The highest BCUT2D eigenvalue weighted by Crippen LogP contribution is 2.34. The summed E-state index contributed by atoms with van der Waals surface area (Å²) in [5, 5.41) is 3.19. The monoisotopic (exact) mass is 286 g/mol. The van der Waals surface area contributed by atoms with Crippen LogP contribution in [-0.2, 0) is 4.79 Å². The fourth-order valence-electron chi connectivity index (χ4n) is 3.49. The average molecular weight is 286 g/mol. The predicted octanol–water partition coefficient (Wildman–Crippen LogP) is 2.96. The van der Waals surface area contributed by atoms with Gasteiger partial charge in [0.1, 0.15) is 0 Å². The van der Waals surface area contributed by atoms with E-state index in [2.05, 4.69) is 35.6 Å². The van der Waals surface area contributed by atoms with E-state index < -0.39 is 0 Å². The number of benzene rings is 1. The normalized spacial score (nSPS) is 27.1. The first kappa shape index (κ1) is 14.6. The fourth-order valence-corrected chi connectivity index (χ4v) is 3.49. The predicted molar refractivity (Wildman–Crippen MR) is 84.9 cm³/mol. The molecule has 0 radical (unpaired) electrons. The second kappa shape index (κ2) is 6.61. The molecule has 2 saturated carbocycles. The van der Waals surface area contributed by atoms with Crippen molar-refractivity contribution in [3.8, 4) is 0 Å². The van der Waals surface area contributed by atoms with E-state index in [9.17, 15) is 4.79 Å². The summed E-state index contributed by atoms with van der Waals surface area (Å²) in [6.45, 7) is 0. The van der Waals surface area contributed by atoms with Gasteiger partial charge in [-0.3, -0.25) is 4.79 Å². The second-order valence-electron chi connectivity index (χ2n) is 6.73. The van der Waals surface area contributed by atoms with Crippen LogP contribution in [-0.4, -0.2) is 18.0 Å². The maximum absolute atomic E-state index is 12.0. The Balaban J connectivity index is 1.42. The highest BCUT2D eigenvalue weighted by Gasteiger charge is 2.30. The number of rotatable bonds is 5. The minimum absolute atomic E-state index is 0.0747. The van der Waals surface area contributed by atoms with E-state index >= 15 is 0 Å². The van der Waals surface area contributed by atoms with Crippen molar-refractivity contribution >= 4 is 5.91 Å². The molecule has 3 heteroatoms. The van der Waals surface area contributed by atoms with Gasteiger partial charge in [-0.25, -0.2) is 0 Å². The molecular formula is C18H26N2O. The van der Waals surface area contributed by atoms with Crippen LogP contribution in [0.4, 0.5) is 0 Å². The smallest absolute Gasteiger partial charge is 0.221 e. The van der Waals surface area contributed by atoms with Crippen LogP contribution in [0, 0.1) is 5.92 Å². The fraction of sp³-hybridized carbons (Fsp3) is 0.611. The molecule has 0 aromatic heterocycles. The molecule has 3 nitrogen and oxygen atoms in total. The zero-order valence-electron chi connectivity index (χ0n) is 12.6. The van der Waals surface area contributed by atoms with E-state index in [1.165, 1.54) is 31.2 Å². The second-order valence-corrected chi connectivity index (χ2v) is 6.73. The molecule has 2 fully saturated rings. The third-order valence-electron chi connectivity index (χ3n) is 5.01. The molecule has 0 spiro atoms. The standard InChI is InChI=1S/C18H26N2O/c19-17(15-6-7-15)12-18(21)20-16-10-8-14(9-11-16)13-4-2-1-3-5-13/h1-5,14-17H,6-12,19H2,(H,20,21). The highest BCUT2D eigenvalue weighted by atomic mass is 16.1. The Kier molecular flexibility index (Phi) is 4.59. The van der Waals surface area contributed by atoms with Gasteiger partial charge in [0.2, 0.25) is 5.91 Å². The molecule has 0 heterocycles. The van der Waals surface area contributed by atoms with Gasteiger partial charge in [-0.1, -0.05) is 30.3 Å². The average Bonchev–Trinajstić information content (AvgIpc) is 3.33. The van der Waals surface area contributed by atoms with Gasteiger partial charge >= 0.3 is 0 Å². The SMILES string of the molecule is NC(CC(=O)NC1CCC(c2ccccc2)CC1)C1CC1. The van der Waals surface area contributed by atoms with Crippen LogP contribution in [0.2, 0.25) is 0 Å². The Morgan fingerprint density at radius 1 is 1.10 bits per heavy atom. The number of carbonyl (C=O) groups is 1. The molecule has 1 atom stereocenters. The maximum atomic E-state index is 12.0. The number of carbonyl (C=O) groups excluding carboxylic acids is 1. The van der Waals surface area contributed by atoms with Crippen LogP contribution in [0.1, 0.15) is 56.4 Å². The molecule has 0 bridgehead atoms. The number of nitrogens with two attached hydrogens (primary N) is 1. The summed E-state index contributed by atoms with van der Waals surface area (Å²) in [5.74, 6) is 1.41. The molecule has 1 unspecified atom stereocenters. The Morgan fingerprint density at radius 3 is 2.38 bits per heavy atom. The van der Waals surface area contributed by atoms with E-state index in [4.69, 9.17) is 5.73 Å². The van der Waals surface area contributed by atoms with Crippen molar-refractivity contribution in [2.45, 2.75) is 62.9 Å². The summed E-state index contributed by atoms with van der Waals surface area (Å²) in [6.07, 6.45) is 7.43. The minimum Gasteiger partial charge on any atom is -0.353 e. The van der Waals surface area contributed by atoms with Gasteiger partial charge < -0.3 is 11.1 Å². The van der Waals surface area contributed by atoms with Crippen molar-refractivity contribution in [1.29, 1.82) is 0 Å². The first-order valence-electron chi connectivity index (χ1n) is 8.32. The zero-order chi connectivity index (χ0) is 14.7. The summed E-state index contributed by atoms with van der Waals surface area (Å²) >= 11 is 0. The molecule has 3 N–H and O–H groups in total. The number of amides is 1. The van der Waals surface area contributed by atoms with E-state index in [1.54, 1.807) is 0 Å². The first-order chi connectivity index (χ1) is 10.2. The Hall–Kier alpha value is -1.35. The third kappa shape index (κ3) is 4.07. The van der Waals surface area contributed by atoms with Crippen LogP contribution in [0.3, 0.4) is 0 Å². The van der Waals surface area contributed by atoms with Crippen LogP contribution in [0.5, 0.6) is 0 Å². The van der Waals surface area contributed by atoms with E-state index in [-0.39, 0.29) is 11.9 Å². The molecule has 114 valence electrons. The van der Waals surface area contributed by atoms with E-state index in [0.29, 0.717) is 24.3 Å². The first-order valence-corrected chi connectivity index (χ1v) is 8.32. The van der Waals surface area contributed by atoms with E-state index in [1.807, 2.05) is 0 Å². The molecule has 0 aliphatic heterocycles. The van der Waals surface area contributed by atoms with Gasteiger partial charge in [0, 0.05) is 18.5 Å². The van der Waals surface area contributed by atoms with Gasteiger partial charge in [-0.15, -0.1) is 0 Å². The number of nitrogens with one attached hydrogen (secondary N) is 1. The van der Waals surface area contributed by atoms with Crippen LogP contribution < -0.4 is 11.1 Å². The zero-order valence-corrected chi connectivity index (χ0v) is 12.6. The summed E-state index contributed by atoms with van der Waals surface area (Å²) in [5.41, 5.74) is 7.46. The van der Waals surface area contributed by atoms with Crippen LogP contribution >= 0.6 is 0 Å². The van der Waals surface area contributed by atoms with Crippen molar-refractivity contribution in [1.82, 2.24) is 5.32 Å². The van der Waals surface area contributed by atoms with Crippen molar-refractivity contribution in [2.75, 3.05) is 0 Å². The van der Waals surface area contributed by atoms with Crippen LogP contribution in [0.15, 0.2) is 30.3 Å². The lowest BCUT2D eigenvalue weighted by Crippen LogP contribution is -2.40. The molecule has 0 saturated heterocycles. The quantitative estimate of drug-likeness (QED) is 0.874. The molecule has 2 aliphatic rings. The Morgan fingerprint density at radius 2 is 1.76 bits per heavy atom. The number of hydrogen-bond donors (Lipinski definition) is 2. The molecule has 21 heavy (non-hydrogen) atoms. The Bertz CT molecular complexity index is 461. The van der Waals surface area contributed by atoms with Crippen molar-refractivity contribution in [3.63, 3.8) is 0 Å². The van der Waals surface area contributed by atoms with Crippen molar-refractivity contribution < 1.29 is 4.79 Å². The third-order valence-corrected chi connectivity index (χ3v) is 5.01.